The summed E-state index contributed by atoms with van der Waals surface area (Å²) in [6.07, 6.45) is 7.75. The van der Waals surface area contributed by atoms with Crippen molar-refractivity contribution in [2.24, 2.45) is 0 Å². The van der Waals surface area contributed by atoms with Gasteiger partial charge in [-0.05, 0) is 55.7 Å². The number of H-pyrrole nitrogens is 2. The Morgan fingerprint density at radius 2 is 1.92 bits per heavy atom. The minimum Gasteiger partial charge on any atom is -0.383 e. The largest absolute Gasteiger partial charge is 0.383 e. The number of rotatable bonds is 6. The van der Waals surface area contributed by atoms with E-state index in [4.69, 9.17) is 10.7 Å². The van der Waals surface area contributed by atoms with Gasteiger partial charge in [-0.15, -0.1) is 0 Å². The maximum atomic E-state index is 13.4. The fourth-order valence-corrected chi connectivity index (χ4v) is 4.69. The summed E-state index contributed by atoms with van der Waals surface area (Å²) in [5, 5.41) is 9.72. The zero-order chi connectivity index (χ0) is 24.4. The SMILES string of the molecule is CCn1cc(-c2ccc3cc(C(=O)c4cnn(-c5ccc6[nH]c(C7CC7)nc6c5)c4N)[nH]c3c2)cn1. The van der Waals surface area contributed by atoms with Crippen LogP contribution in [0.1, 0.15) is 47.6 Å². The van der Waals surface area contributed by atoms with Gasteiger partial charge in [0.15, 0.2) is 0 Å². The molecule has 0 saturated heterocycles. The van der Waals surface area contributed by atoms with E-state index < -0.39 is 0 Å². The standard InChI is InChI=1S/C27H24N8O/c1-2-34-14-18(12-29-34)16-5-6-17-10-24(31-22(17)9-16)25(36)20-13-30-35(26(20)28)19-7-8-21-23(11-19)33-27(32-21)15-3-4-15/h5-15,31H,2-4,28H2,1H3,(H,32,33). The molecule has 0 unspecified atom stereocenters. The van der Waals surface area contributed by atoms with Crippen LogP contribution >= 0.6 is 0 Å². The van der Waals surface area contributed by atoms with Gasteiger partial charge in [0.05, 0.1) is 40.4 Å². The number of hydrogen-bond donors (Lipinski definition) is 3. The first-order valence-corrected chi connectivity index (χ1v) is 12.1. The van der Waals surface area contributed by atoms with Gasteiger partial charge in [0.1, 0.15) is 11.6 Å². The first-order valence-electron chi connectivity index (χ1n) is 12.1. The Bertz CT molecular complexity index is 1780. The number of ketones is 1. The molecule has 4 heterocycles. The Balaban J connectivity index is 1.20. The Morgan fingerprint density at radius 1 is 1.03 bits per heavy atom. The molecule has 0 amide bonds. The van der Waals surface area contributed by atoms with E-state index in [9.17, 15) is 4.79 Å². The number of nitrogens with zero attached hydrogens (tertiary/aromatic N) is 5. The van der Waals surface area contributed by atoms with Gasteiger partial charge in [-0.25, -0.2) is 9.67 Å². The second-order valence-corrected chi connectivity index (χ2v) is 9.35. The molecular formula is C27H24N8O. The number of nitrogen functional groups attached to an aromatic ring is 1. The van der Waals surface area contributed by atoms with Crippen LogP contribution in [0.4, 0.5) is 5.82 Å². The summed E-state index contributed by atoms with van der Waals surface area (Å²) in [7, 11) is 0. The van der Waals surface area contributed by atoms with Crippen molar-refractivity contribution < 1.29 is 4.79 Å². The summed E-state index contributed by atoms with van der Waals surface area (Å²) in [6.45, 7) is 2.87. The van der Waals surface area contributed by atoms with Crippen molar-refractivity contribution in [3.63, 3.8) is 0 Å². The van der Waals surface area contributed by atoms with Gasteiger partial charge in [0.25, 0.3) is 0 Å². The van der Waals surface area contributed by atoms with Gasteiger partial charge in [-0.2, -0.15) is 10.2 Å². The number of aromatic amines is 2. The molecule has 9 heteroatoms. The van der Waals surface area contributed by atoms with Gasteiger partial charge >= 0.3 is 0 Å². The molecule has 1 fully saturated rings. The van der Waals surface area contributed by atoms with Crippen LogP contribution in [-0.2, 0) is 6.54 Å². The summed E-state index contributed by atoms with van der Waals surface area (Å²) >= 11 is 0. The summed E-state index contributed by atoms with van der Waals surface area (Å²) < 4.78 is 3.48. The van der Waals surface area contributed by atoms with Crippen LogP contribution in [0.5, 0.6) is 0 Å². The Labute approximate surface area is 206 Å². The fourth-order valence-electron chi connectivity index (χ4n) is 4.69. The number of anilines is 1. The molecule has 178 valence electrons. The summed E-state index contributed by atoms with van der Waals surface area (Å²) in [5.41, 5.74) is 12.8. The molecule has 4 N–H and O–H groups in total. The van der Waals surface area contributed by atoms with E-state index in [1.54, 1.807) is 4.68 Å². The van der Waals surface area contributed by atoms with Crippen molar-refractivity contribution in [1.82, 2.24) is 34.5 Å². The molecule has 0 spiro atoms. The van der Waals surface area contributed by atoms with Crippen LogP contribution in [-0.4, -0.2) is 40.3 Å². The van der Waals surface area contributed by atoms with Crippen molar-refractivity contribution in [2.75, 3.05) is 5.73 Å². The van der Waals surface area contributed by atoms with Crippen molar-refractivity contribution in [3.8, 4) is 16.8 Å². The highest BCUT2D eigenvalue weighted by Crippen LogP contribution is 2.39. The van der Waals surface area contributed by atoms with Crippen LogP contribution in [0.3, 0.4) is 0 Å². The number of aryl methyl sites for hydroxylation is 1. The van der Waals surface area contributed by atoms with Crippen molar-refractivity contribution in [2.45, 2.75) is 32.2 Å². The van der Waals surface area contributed by atoms with Crippen molar-refractivity contribution in [1.29, 1.82) is 0 Å². The minimum atomic E-state index is -0.202. The van der Waals surface area contributed by atoms with Crippen LogP contribution in [0.15, 0.2) is 61.1 Å². The molecule has 1 saturated carbocycles. The van der Waals surface area contributed by atoms with E-state index in [1.165, 1.54) is 19.0 Å². The molecule has 4 aromatic heterocycles. The Morgan fingerprint density at radius 3 is 2.72 bits per heavy atom. The maximum absolute atomic E-state index is 13.4. The number of carbonyl (C=O) groups is 1. The second-order valence-electron chi connectivity index (χ2n) is 9.35. The normalized spacial score (nSPS) is 13.7. The molecular weight excluding hydrogens is 452 g/mol. The highest BCUT2D eigenvalue weighted by molar-refractivity contribution is 6.12. The van der Waals surface area contributed by atoms with Crippen LogP contribution in [0.2, 0.25) is 0 Å². The molecule has 1 aliphatic carbocycles. The quantitative estimate of drug-likeness (QED) is 0.298. The Hall–Kier alpha value is -4.66. The minimum absolute atomic E-state index is 0.202. The number of imidazole rings is 1. The Kier molecular flexibility index (Phi) is 4.41. The van der Waals surface area contributed by atoms with Gasteiger partial charge in [-0.1, -0.05) is 12.1 Å². The number of aromatic nitrogens is 7. The lowest BCUT2D eigenvalue weighted by atomic mass is 10.1. The molecule has 0 atom stereocenters. The van der Waals surface area contributed by atoms with Gasteiger partial charge < -0.3 is 15.7 Å². The molecule has 0 aliphatic heterocycles. The third-order valence-electron chi connectivity index (χ3n) is 6.90. The van der Waals surface area contributed by atoms with E-state index >= 15 is 0 Å². The third-order valence-corrected chi connectivity index (χ3v) is 6.90. The predicted octanol–water partition coefficient (Wildman–Crippen LogP) is 4.80. The van der Waals surface area contributed by atoms with Crippen LogP contribution < -0.4 is 5.73 Å². The number of fused-ring (bicyclic) bond motifs is 2. The van der Waals surface area contributed by atoms with Gasteiger partial charge in [-0.3, -0.25) is 9.48 Å². The number of carbonyl (C=O) groups excluding carboxylic acids is 1. The second kappa shape index (κ2) is 7.67. The highest BCUT2D eigenvalue weighted by atomic mass is 16.1. The first kappa shape index (κ1) is 20.7. The number of nitrogens with two attached hydrogens (primary N) is 1. The average molecular weight is 477 g/mol. The summed E-state index contributed by atoms with van der Waals surface area (Å²) in [5.74, 6) is 1.67. The molecule has 1 aliphatic rings. The smallest absolute Gasteiger partial charge is 0.214 e. The molecule has 36 heavy (non-hydrogen) atoms. The van der Waals surface area contributed by atoms with Crippen LogP contribution in [0, 0.1) is 0 Å². The molecule has 0 bridgehead atoms. The first-order chi connectivity index (χ1) is 17.6. The summed E-state index contributed by atoms with van der Waals surface area (Å²) in [6, 6.07) is 13.8. The number of hydrogen-bond acceptors (Lipinski definition) is 5. The van der Waals surface area contributed by atoms with E-state index in [-0.39, 0.29) is 5.78 Å². The van der Waals surface area contributed by atoms with E-state index in [1.807, 2.05) is 59.5 Å². The van der Waals surface area contributed by atoms with Crippen molar-refractivity contribution >= 4 is 33.5 Å². The van der Waals surface area contributed by atoms with E-state index in [2.05, 4.69) is 27.1 Å². The zero-order valence-electron chi connectivity index (χ0n) is 19.7. The third kappa shape index (κ3) is 3.31. The molecule has 6 aromatic rings. The lowest BCUT2D eigenvalue weighted by molar-refractivity contribution is 0.103. The van der Waals surface area contributed by atoms with Gasteiger partial charge in [0.2, 0.25) is 5.78 Å². The fraction of sp³-hybridized carbons (Fsp3) is 0.185. The van der Waals surface area contributed by atoms with Crippen LogP contribution in [0.25, 0.3) is 38.8 Å². The van der Waals surface area contributed by atoms with Crippen molar-refractivity contribution in [3.05, 3.63) is 78.1 Å². The molecule has 7 rings (SSSR count). The van der Waals surface area contributed by atoms with E-state index in [0.29, 0.717) is 23.0 Å². The lowest BCUT2D eigenvalue weighted by Crippen LogP contribution is -2.07. The highest BCUT2D eigenvalue weighted by Gasteiger charge is 2.27. The van der Waals surface area contributed by atoms with Gasteiger partial charge in [0, 0.05) is 35.1 Å². The molecule has 9 nitrogen and oxygen atoms in total. The lowest BCUT2D eigenvalue weighted by Gasteiger charge is -2.05. The van der Waals surface area contributed by atoms with E-state index in [0.717, 1.165) is 51.1 Å². The number of benzene rings is 2. The zero-order valence-corrected chi connectivity index (χ0v) is 19.7. The molecule has 0 radical (unpaired) electrons. The topological polar surface area (TPSA) is 123 Å². The average Bonchev–Trinajstić information content (AvgIpc) is 3.25. The monoisotopic (exact) mass is 476 g/mol. The molecule has 2 aromatic carbocycles. The predicted molar refractivity (Wildman–Crippen MR) is 138 cm³/mol. The summed E-state index contributed by atoms with van der Waals surface area (Å²) in [4.78, 5) is 24.8. The number of nitrogens with one attached hydrogen (secondary N) is 2. The maximum Gasteiger partial charge on any atom is 0.214 e.